The first-order chi connectivity index (χ1) is 10.2. The molecule has 0 saturated heterocycles. The SMILES string of the molecule is COc1ccc(COCC2C(F)(F)C2(CO)[Si](C)(C)C)cc1. The summed E-state index contributed by atoms with van der Waals surface area (Å²) in [6.45, 7) is 5.42. The average Bonchev–Trinajstić information content (AvgIpc) is 2.95. The van der Waals surface area contributed by atoms with Crippen LogP contribution in [0.25, 0.3) is 0 Å². The van der Waals surface area contributed by atoms with Crippen LogP contribution in [0.1, 0.15) is 5.56 Å². The topological polar surface area (TPSA) is 38.7 Å². The molecular formula is C16H24F2O3Si. The number of ether oxygens (including phenoxy) is 2. The number of benzene rings is 1. The fraction of sp³-hybridized carbons (Fsp3) is 0.625. The average molecular weight is 330 g/mol. The van der Waals surface area contributed by atoms with Gasteiger partial charge in [0.15, 0.2) is 0 Å². The number of aliphatic hydroxyl groups is 1. The third-order valence-electron chi connectivity index (χ3n) is 4.84. The van der Waals surface area contributed by atoms with Gasteiger partial charge in [0, 0.05) is 0 Å². The van der Waals surface area contributed by atoms with Crippen molar-refractivity contribution in [2.45, 2.75) is 37.2 Å². The summed E-state index contributed by atoms with van der Waals surface area (Å²) in [6.07, 6.45) is 0. The zero-order valence-corrected chi connectivity index (χ0v) is 14.5. The lowest BCUT2D eigenvalue weighted by molar-refractivity contribution is 0.0441. The zero-order chi connectivity index (χ0) is 16.6. The van der Waals surface area contributed by atoms with E-state index in [1.54, 1.807) is 7.11 Å². The molecule has 0 spiro atoms. The van der Waals surface area contributed by atoms with E-state index in [1.165, 1.54) is 0 Å². The lowest BCUT2D eigenvalue weighted by Gasteiger charge is -2.28. The molecule has 0 aliphatic heterocycles. The number of rotatable bonds is 7. The highest BCUT2D eigenvalue weighted by atomic mass is 28.3. The highest BCUT2D eigenvalue weighted by Gasteiger charge is 2.84. The Kier molecular flexibility index (Phi) is 4.66. The van der Waals surface area contributed by atoms with Crippen molar-refractivity contribution >= 4 is 8.07 Å². The molecule has 1 saturated carbocycles. The van der Waals surface area contributed by atoms with Crippen LogP contribution >= 0.6 is 0 Å². The fourth-order valence-corrected chi connectivity index (χ4v) is 6.16. The number of aliphatic hydroxyl groups excluding tert-OH is 1. The number of hydrogen-bond acceptors (Lipinski definition) is 3. The van der Waals surface area contributed by atoms with Crippen molar-refractivity contribution in [3.63, 3.8) is 0 Å². The molecule has 1 aliphatic carbocycles. The number of methoxy groups -OCH3 is 1. The Labute approximate surface area is 131 Å². The summed E-state index contributed by atoms with van der Waals surface area (Å²) in [5.41, 5.74) is 0.910. The second-order valence-corrected chi connectivity index (χ2v) is 12.3. The third-order valence-corrected chi connectivity index (χ3v) is 8.36. The number of hydrogen-bond donors (Lipinski definition) is 1. The van der Waals surface area contributed by atoms with Gasteiger partial charge in [-0.3, -0.25) is 0 Å². The van der Waals surface area contributed by atoms with Gasteiger partial charge in [0.1, 0.15) is 5.75 Å². The molecule has 0 radical (unpaired) electrons. The van der Waals surface area contributed by atoms with Gasteiger partial charge >= 0.3 is 0 Å². The molecule has 3 nitrogen and oxygen atoms in total. The molecule has 1 aliphatic rings. The van der Waals surface area contributed by atoms with E-state index in [0.717, 1.165) is 11.3 Å². The number of alkyl halides is 2. The van der Waals surface area contributed by atoms with Crippen LogP contribution in [0.4, 0.5) is 8.78 Å². The van der Waals surface area contributed by atoms with E-state index >= 15 is 0 Å². The molecule has 22 heavy (non-hydrogen) atoms. The van der Waals surface area contributed by atoms with Crippen LogP contribution in [0, 0.1) is 5.92 Å². The summed E-state index contributed by atoms with van der Waals surface area (Å²) in [7, 11) is -0.622. The first kappa shape index (κ1) is 17.4. The highest BCUT2D eigenvalue weighted by Crippen LogP contribution is 2.76. The second-order valence-electron chi connectivity index (χ2n) is 6.92. The van der Waals surface area contributed by atoms with Crippen LogP contribution in [-0.2, 0) is 11.3 Å². The first-order valence-corrected chi connectivity index (χ1v) is 10.9. The van der Waals surface area contributed by atoms with Crippen LogP contribution in [0.3, 0.4) is 0 Å². The Hall–Kier alpha value is -0.983. The molecule has 124 valence electrons. The van der Waals surface area contributed by atoms with Crippen molar-refractivity contribution in [3.05, 3.63) is 29.8 Å². The summed E-state index contributed by atoms with van der Waals surface area (Å²) in [4.78, 5) is 0. The van der Waals surface area contributed by atoms with E-state index in [0.29, 0.717) is 0 Å². The minimum absolute atomic E-state index is 0.0239. The standard InChI is InChI=1S/C16H24F2O3Si/c1-20-13-7-5-12(6-8-13)9-21-10-14-15(11-19,16(14,17)18)22(2,3)4/h5-8,14,19H,9-11H2,1-4H3. The molecule has 1 aromatic carbocycles. The Balaban J connectivity index is 1.94. The lowest BCUT2D eigenvalue weighted by Crippen LogP contribution is -2.37. The largest absolute Gasteiger partial charge is 0.497 e. The van der Waals surface area contributed by atoms with Crippen molar-refractivity contribution < 1.29 is 23.4 Å². The lowest BCUT2D eigenvalue weighted by atomic mass is 10.2. The van der Waals surface area contributed by atoms with Gasteiger partial charge in [-0.25, -0.2) is 8.78 Å². The van der Waals surface area contributed by atoms with Crippen molar-refractivity contribution in [2.24, 2.45) is 5.92 Å². The predicted octanol–water partition coefficient (Wildman–Crippen LogP) is 3.55. The minimum Gasteiger partial charge on any atom is -0.497 e. The van der Waals surface area contributed by atoms with E-state index < -0.39 is 31.6 Å². The molecule has 2 unspecified atom stereocenters. The molecular weight excluding hydrogens is 306 g/mol. The second kappa shape index (κ2) is 5.90. The monoisotopic (exact) mass is 330 g/mol. The van der Waals surface area contributed by atoms with Gasteiger partial charge in [-0.05, 0) is 17.7 Å². The maximum atomic E-state index is 14.2. The van der Waals surface area contributed by atoms with E-state index in [-0.39, 0.29) is 13.2 Å². The molecule has 0 aromatic heterocycles. The van der Waals surface area contributed by atoms with Gasteiger partial charge in [0.2, 0.25) is 0 Å². The van der Waals surface area contributed by atoms with Crippen molar-refractivity contribution in [1.29, 1.82) is 0 Å². The summed E-state index contributed by atoms with van der Waals surface area (Å²) in [5, 5.41) is 8.31. The van der Waals surface area contributed by atoms with Crippen LogP contribution in [0.5, 0.6) is 5.75 Å². The van der Waals surface area contributed by atoms with Gasteiger partial charge in [0.05, 0.1) is 46.0 Å². The maximum absolute atomic E-state index is 14.2. The van der Waals surface area contributed by atoms with Crippen molar-refractivity contribution in [2.75, 3.05) is 20.3 Å². The van der Waals surface area contributed by atoms with E-state index in [9.17, 15) is 13.9 Å². The molecule has 0 heterocycles. The molecule has 1 fully saturated rings. The van der Waals surface area contributed by atoms with Gasteiger partial charge < -0.3 is 14.6 Å². The summed E-state index contributed by atoms with van der Waals surface area (Å²) >= 11 is 0. The van der Waals surface area contributed by atoms with Crippen molar-refractivity contribution in [1.82, 2.24) is 0 Å². The molecule has 2 rings (SSSR count). The van der Waals surface area contributed by atoms with Crippen LogP contribution in [0.15, 0.2) is 24.3 Å². The van der Waals surface area contributed by atoms with E-state index in [4.69, 9.17) is 9.47 Å². The number of halogens is 2. The Morgan fingerprint density at radius 3 is 2.18 bits per heavy atom. The summed E-state index contributed by atoms with van der Waals surface area (Å²) in [5.74, 6) is -2.96. The molecule has 0 bridgehead atoms. The fourth-order valence-electron chi connectivity index (χ4n) is 3.27. The first-order valence-electron chi connectivity index (χ1n) is 7.40. The molecule has 6 heteroatoms. The van der Waals surface area contributed by atoms with Gasteiger partial charge in [0.25, 0.3) is 5.92 Å². The summed E-state index contributed by atoms with van der Waals surface area (Å²) < 4.78 is 39.0. The Morgan fingerprint density at radius 2 is 1.77 bits per heavy atom. The Bertz CT molecular complexity index is 513. The zero-order valence-electron chi connectivity index (χ0n) is 13.5. The molecule has 0 amide bonds. The third kappa shape index (κ3) is 2.68. The van der Waals surface area contributed by atoms with Gasteiger partial charge in [-0.15, -0.1) is 0 Å². The predicted molar refractivity (Wildman–Crippen MR) is 84.2 cm³/mol. The molecule has 1 aromatic rings. The van der Waals surface area contributed by atoms with Gasteiger partial charge in [-0.2, -0.15) is 0 Å². The highest BCUT2D eigenvalue weighted by molar-refractivity contribution is 6.80. The maximum Gasteiger partial charge on any atom is 0.259 e. The molecule has 2 atom stereocenters. The minimum atomic E-state index is -2.83. The summed E-state index contributed by atoms with van der Waals surface area (Å²) in [6, 6.07) is 7.32. The van der Waals surface area contributed by atoms with Gasteiger partial charge in [-0.1, -0.05) is 31.8 Å². The van der Waals surface area contributed by atoms with Crippen molar-refractivity contribution in [3.8, 4) is 5.75 Å². The normalized spacial score (nSPS) is 26.8. The van der Waals surface area contributed by atoms with Crippen LogP contribution < -0.4 is 4.74 Å². The van der Waals surface area contributed by atoms with Crippen LogP contribution in [0.2, 0.25) is 24.7 Å². The Morgan fingerprint density at radius 1 is 1.18 bits per heavy atom. The van der Waals surface area contributed by atoms with E-state index in [2.05, 4.69) is 0 Å². The van der Waals surface area contributed by atoms with Crippen LogP contribution in [-0.4, -0.2) is 39.4 Å². The van der Waals surface area contributed by atoms with E-state index in [1.807, 2.05) is 43.9 Å². The quantitative estimate of drug-likeness (QED) is 0.777. The molecule has 1 N–H and O–H groups in total. The smallest absolute Gasteiger partial charge is 0.259 e.